The van der Waals surface area contributed by atoms with E-state index < -0.39 is 34.4 Å². The Kier molecular flexibility index (Phi) is 3.40. The van der Waals surface area contributed by atoms with Crippen molar-refractivity contribution in [2.45, 2.75) is 0 Å². The summed E-state index contributed by atoms with van der Waals surface area (Å²) in [5.41, 5.74) is -1.49. The van der Waals surface area contributed by atoms with Crippen molar-refractivity contribution in [1.29, 1.82) is 0 Å². The van der Waals surface area contributed by atoms with Gasteiger partial charge in [-0.1, -0.05) is 12.1 Å². The third-order valence-corrected chi connectivity index (χ3v) is 3.43. The fourth-order valence-electron chi connectivity index (χ4n) is 2.39. The monoisotopic (exact) mass is 319 g/mol. The Balaban J connectivity index is 2.39. The molecule has 23 heavy (non-hydrogen) atoms. The second-order valence-electron chi connectivity index (χ2n) is 4.81. The molecule has 3 rings (SSSR count). The van der Waals surface area contributed by atoms with Crippen molar-refractivity contribution in [2.24, 2.45) is 0 Å². The Morgan fingerprint density at radius 2 is 1.83 bits per heavy atom. The summed E-state index contributed by atoms with van der Waals surface area (Å²) in [6, 6.07) is 5.31. The van der Waals surface area contributed by atoms with Crippen LogP contribution in [0.15, 0.2) is 41.3 Å². The van der Waals surface area contributed by atoms with Crippen LogP contribution in [0.3, 0.4) is 0 Å². The number of carboxylic acids is 1. The molecule has 7 heteroatoms. The summed E-state index contributed by atoms with van der Waals surface area (Å²) in [5, 5.41) is 8.93. The van der Waals surface area contributed by atoms with Crippen molar-refractivity contribution in [3.63, 3.8) is 0 Å². The molecular formula is C16H8F3NO3. The number of para-hydroxylation sites is 1. The number of H-pyrrole nitrogens is 1. The first-order valence-corrected chi connectivity index (χ1v) is 6.42. The van der Waals surface area contributed by atoms with Crippen molar-refractivity contribution < 1.29 is 23.1 Å². The zero-order chi connectivity index (χ0) is 16.7. The average Bonchev–Trinajstić information content (AvgIpc) is 2.50. The lowest BCUT2D eigenvalue weighted by atomic mass is 10.00. The number of rotatable bonds is 2. The van der Waals surface area contributed by atoms with Gasteiger partial charge in [0.2, 0.25) is 5.43 Å². The molecule has 0 unspecified atom stereocenters. The highest BCUT2D eigenvalue weighted by atomic mass is 19.2. The fraction of sp³-hybridized carbons (Fsp3) is 0. The third kappa shape index (κ3) is 2.36. The standard InChI is InChI=1S/C16H8F3NO3/c17-7-4-10(13(19)12(18)5-7)8-2-1-3-9-14(8)20-6-11(15(9)21)16(22)23/h1-6H,(H,20,21)(H,22,23). The quantitative estimate of drug-likeness (QED) is 0.712. The summed E-state index contributed by atoms with van der Waals surface area (Å²) >= 11 is 0. The molecule has 2 aromatic carbocycles. The molecule has 0 aliphatic carbocycles. The molecule has 0 amide bonds. The van der Waals surface area contributed by atoms with Gasteiger partial charge < -0.3 is 10.1 Å². The molecule has 1 aromatic heterocycles. The van der Waals surface area contributed by atoms with Crippen molar-refractivity contribution in [1.82, 2.24) is 4.98 Å². The zero-order valence-electron chi connectivity index (χ0n) is 11.4. The summed E-state index contributed by atoms with van der Waals surface area (Å²) in [6.07, 6.45) is 0.962. The Labute approximate surface area is 126 Å². The number of fused-ring (bicyclic) bond motifs is 1. The van der Waals surface area contributed by atoms with E-state index in [1.54, 1.807) is 0 Å². The number of benzene rings is 2. The highest BCUT2D eigenvalue weighted by Crippen LogP contribution is 2.30. The van der Waals surface area contributed by atoms with Gasteiger partial charge in [-0.3, -0.25) is 4.79 Å². The van der Waals surface area contributed by atoms with E-state index in [-0.39, 0.29) is 22.0 Å². The van der Waals surface area contributed by atoms with Crippen LogP contribution < -0.4 is 5.43 Å². The van der Waals surface area contributed by atoms with E-state index in [4.69, 9.17) is 5.11 Å². The Morgan fingerprint density at radius 3 is 2.52 bits per heavy atom. The minimum absolute atomic E-state index is 0.0218. The van der Waals surface area contributed by atoms with Gasteiger partial charge in [-0.15, -0.1) is 0 Å². The second-order valence-corrected chi connectivity index (χ2v) is 4.81. The summed E-state index contributed by atoms with van der Waals surface area (Å²) in [6.45, 7) is 0. The molecule has 0 aliphatic heterocycles. The number of aromatic nitrogens is 1. The van der Waals surface area contributed by atoms with Crippen LogP contribution in [-0.2, 0) is 0 Å². The van der Waals surface area contributed by atoms with Crippen LogP contribution in [0.5, 0.6) is 0 Å². The van der Waals surface area contributed by atoms with Crippen LogP contribution >= 0.6 is 0 Å². The predicted octanol–water partition coefficient (Wildman–Crippen LogP) is 3.31. The number of aromatic carboxylic acids is 1. The van der Waals surface area contributed by atoms with Gasteiger partial charge in [-0.05, 0) is 12.1 Å². The van der Waals surface area contributed by atoms with Crippen molar-refractivity contribution in [2.75, 3.05) is 0 Å². The van der Waals surface area contributed by atoms with Gasteiger partial charge in [0.15, 0.2) is 11.6 Å². The summed E-state index contributed by atoms with van der Waals surface area (Å²) in [5.74, 6) is -5.01. The van der Waals surface area contributed by atoms with Crippen molar-refractivity contribution in [3.05, 3.63) is 69.8 Å². The minimum Gasteiger partial charge on any atom is -0.477 e. The lowest BCUT2D eigenvalue weighted by Gasteiger charge is -2.09. The SMILES string of the molecule is O=C(O)c1c[nH]c2c(-c3cc(F)cc(F)c3F)cccc2c1=O. The minimum atomic E-state index is -1.42. The van der Waals surface area contributed by atoms with Gasteiger partial charge in [-0.25, -0.2) is 18.0 Å². The third-order valence-electron chi connectivity index (χ3n) is 3.43. The van der Waals surface area contributed by atoms with Gasteiger partial charge in [-0.2, -0.15) is 0 Å². The highest BCUT2D eigenvalue weighted by Gasteiger charge is 2.18. The first-order valence-electron chi connectivity index (χ1n) is 6.42. The molecule has 116 valence electrons. The maximum absolute atomic E-state index is 14.0. The highest BCUT2D eigenvalue weighted by molar-refractivity contribution is 5.97. The molecule has 0 fully saturated rings. The van der Waals surface area contributed by atoms with Crippen LogP contribution in [0.1, 0.15) is 10.4 Å². The topological polar surface area (TPSA) is 70.2 Å². The molecule has 0 saturated carbocycles. The smallest absolute Gasteiger partial charge is 0.341 e. The molecular weight excluding hydrogens is 311 g/mol. The molecule has 0 radical (unpaired) electrons. The van der Waals surface area contributed by atoms with Crippen molar-refractivity contribution in [3.8, 4) is 11.1 Å². The largest absolute Gasteiger partial charge is 0.477 e. The molecule has 1 heterocycles. The molecule has 0 spiro atoms. The van der Waals surface area contributed by atoms with Gasteiger partial charge >= 0.3 is 5.97 Å². The Hall–Kier alpha value is -3.09. The Bertz CT molecular complexity index is 1010. The number of halogens is 3. The van der Waals surface area contributed by atoms with E-state index in [0.29, 0.717) is 6.07 Å². The maximum atomic E-state index is 14.0. The van der Waals surface area contributed by atoms with E-state index >= 15 is 0 Å². The number of carboxylic acid groups (broad SMARTS) is 1. The van der Waals surface area contributed by atoms with Gasteiger partial charge in [0, 0.05) is 28.8 Å². The van der Waals surface area contributed by atoms with Crippen LogP contribution in [0.2, 0.25) is 0 Å². The molecule has 0 atom stereocenters. The number of aromatic amines is 1. The van der Waals surface area contributed by atoms with E-state index in [1.165, 1.54) is 18.2 Å². The van der Waals surface area contributed by atoms with Gasteiger partial charge in [0.25, 0.3) is 0 Å². The fourth-order valence-corrected chi connectivity index (χ4v) is 2.39. The number of nitrogens with one attached hydrogen (secondary N) is 1. The summed E-state index contributed by atoms with van der Waals surface area (Å²) < 4.78 is 40.8. The van der Waals surface area contributed by atoms with E-state index in [1.807, 2.05) is 0 Å². The van der Waals surface area contributed by atoms with E-state index in [9.17, 15) is 22.8 Å². The maximum Gasteiger partial charge on any atom is 0.341 e. The first-order chi connectivity index (χ1) is 10.9. The van der Waals surface area contributed by atoms with Crippen LogP contribution in [-0.4, -0.2) is 16.1 Å². The molecule has 0 bridgehead atoms. The van der Waals surface area contributed by atoms with E-state index in [0.717, 1.165) is 12.3 Å². The zero-order valence-corrected chi connectivity index (χ0v) is 11.4. The van der Waals surface area contributed by atoms with E-state index in [2.05, 4.69) is 4.98 Å². The molecule has 2 N–H and O–H groups in total. The predicted molar refractivity (Wildman–Crippen MR) is 76.8 cm³/mol. The average molecular weight is 319 g/mol. The van der Waals surface area contributed by atoms with Gasteiger partial charge in [0.1, 0.15) is 11.4 Å². The lowest BCUT2D eigenvalue weighted by Crippen LogP contribution is -2.15. The normalized spacial score (nSPS) is 10.9. The first kappa shape index (κ1) is 14.8. The van der Waals surface area contributed by atoms with Gasteiger partial charge in [0.05, 0.1) is 5.52 Å². The lowest BCUT2D eigenvalue weighted by molar-refractivity contribution is 0.0695. The van der Waals surface area contributed by atoms with Crippen LogP contribution in [0, 0.1) is 17.5 Å². The Morgan fingerprint density at radius 1 is 1.09 bits per heavy atom. The molecule has 0 saturated heterocycles. The summed E-state index contributed by atoms with van der Waals surface area (Å²) in [7, 11) is 0. The number of carbonyl (C=O) groups is 1. The number of hydrogen-bond donors (Lipinski definition) is 2. The van der Waals surface area contributed by atoms with Crippen LogP contribution in [0.4, 0.5) is 13.2 Å². The molecule has 0 aliphatic rings. The molecule has 4 nitrogen and oxygen atoms in total. The van der Waals surface area contributed by atoms with Crippen LogP contribution in [0.25, 0.3) is 22.0 Å². The van der Waals surface area contributed by atoms with Crippen molar-refractivity contribution >= 4 is 16.9 Å². The number of hydrogen-bond acceptors (Lipinski definition) is 2. The number of pyridine rings is 1. The summed E-state index contributed by atoms with van der Waals surface area (Å²) in [4.78, 5) is 25.7. The second kappa shape index (κ2) is 5.28. The molecule has 3 aromatic rings.